The molecule has 1 atom stereocenters. The van der Waals surface area contributed by atoms with E-state index in [2.05, 4.69) is 10.3 Å². The maximum Gasteiger partial charge on any atom is 0.0950 e. The van der Waals surface area contributed by atoms with Crippen LogP contribution in [0.15, 0.2) is 41.5 Å². The summed E-state index contributed by atoms with van der Waals surface area (Å²) in [5.74, 6) is 0. The highest BCUT2D eigenvalue weighted by Gasteiger charge is 2.12. The Labute approximate surface area is 94.5 Å². The lowest BCUT2D eigenvalue weighted by Gasteiger charge is -2.15. The van der Waals surface area contributed by atoms with Crippen LogP contribution >= 0.6 is 0 Å². The number of likely N-dealkylation sites (N-methyl/N-ethyl adjacent to an activating group) is 1. The molecule has 0 aromatic carbocycles. The second-order valence-corrected chi connectivity index (χ2v) is 3.68. The molecule has 0 aliphatic heterocycles. The van der Waals surface area contributed by atoms with Crippen LogP contribution in [0.2, 0.25) is 0 Å². The van der Waals surface area contributed by atoms with E-state index in [9.17, 15) is 0 Å². The van der Waals surface area contributed by atoms with Crippen molar-refractivity contribution in [2.75, 3.05) is 12.8 Å². The summed E-state index contributed by atoms with van der Waals surface area (Å²) >= 11 is 0. The molecular weight excluding hydrogens is 202 g/mol. The zero-order chi connectivity index (χ0) is 11.4. The highest BCUT2D eigenvalue weighted by molar-refractivity contribution is 5.45. The van der Waals surface area contributed by atoms with E-state index < -0.39 is 0 Å². The summed E-state index contributed by atoms with van der Waals surface area (Å²) in [6.07, 6.45) is 7.72. The average molecular weight is 217 g/mol. The van der Waals surface area contributed by atoms with Crippen molar-refractivity contribution in [2.45, 2.75) is 12.5 Å². The van der Waals surface area contributed by atoms with Crippen LogP contribution in [-0.4, -0.2) is 12.0 Å². The second-order valence-electron chi connectivity index (χ2n) is 3.68. The first-order valence-corrected chi connectivity index (χ1v) is 5.19. The van der Waals surface area contributed by atoms with E-state index >= 15 is 0 Å². The van der Waals surface area contributed by atoms with Gasteiger partial charge in [0, 0.05) is 29.7 Å². The molecule has 0 aliphatic carbocycles. The van der Waals surface area contributed by atoms with Gasteiger partial charge < -0.3 is 15.5 Å². The Kier molecular flexibility index (Phi) is 3.22. The fourth-order valence-electron chi connectivity index (χ4n) is 1.69. The van der Waals surface area contributed by atoms with Crippen LogP contribution in [0, 0.1) is 0 Å². The van der Waals surface area contributed by atoms with Gasteiger partial charge in [0.15, 0.2) is 0 Å². The average Bonchev–Trinajstić information content (AvgIpc) is 2.81. The molecule has 0 fully saturated rings. The molecular formula is C12H15N3O. The Balaban J connectivity index is 2.17. The molecule has 84 valence electrons. The van der Waals surface area contributed by atoms with Crippen molar-refractivity contribution in [2.24, 2.45) is 0 Å². The van der Waals surface area contributed by atoms with E-state index in [0.717, 1.165) is 23.2 Å². The Morgan fingerprint density at radius 2 is 2.38 bits per heavy atom. The Morgan fingerprint density at radius 3 is 3.00 bits per heavy atom. The van der Waals surface area contributed by atoms with Gasteiger partial charge in [-0.25, -0.2) is 0 Å². The Morgan fingerprint density at radius 1 is 1.50 bits per heavy atom. The summed E-state index contributed by atoms with van der Waals surface area (Å²) in [5, 5.41) is 3.24. The molecule has 3 N–H and O–H groups in total. The van der Waals surface area contributed by atoms with Crippen molar-refractivity contribution in [3.8, 4) is 0 Å². The van der Waals surface area contributed by atoms with Crippen LogP contribution in [-0.2, 0) is 6.42 Å². The molecule has 0 saturated heterocycles. The lowest BCUT2D eigenvalue weighted by atomic mass is 10.0. The van der Waals surface area contributed by atoms with Gasteiger partial charge in [-0.05, 0) is 31.2 Å². The number of anilines is 1. The third kappa shape index (κ3) is 2.23. The number of hydrogen-bond donors (Lipinski definition) is 2. The Bertz CT molecular complexity index is 439. The van der Waals surface area contributed by atoms with Gasteiger partial charge in [0.05, 0.1) is 12.5 Å². The fourth-order valence-corrected chi connectivity index (χ4v) is 1.69. The zero-order valence-corrected chi connectivity index (χ0v) is 9.18. The Hall–Kier alpha value is -1.81. The summed E-state index contributed by atoms with van der Waals surface area (Å²) in [6.45, 7) is 0. The molecule has 4 nitrogen and oxygen atoms in total. The second kappa shape index (κ2) is 4.81. The standard InChI is InChI=1S/C12H15N3O/c1-14-12(9-3-5-16-8-9)6-10-7-15-4-2-11(10)13/h2-5,7-8,12,14H,6H2,1H3,(H2,13,15). The fraction of sp³-hybridized carbons (Fsp3) is 0.250. The maximum atomic E-state index is 5.89. The van der Waals surface area contributed by atoms with Crippen molar-refractivity contribution in [1.82, 2.24) is 10.3 Å². The van der Waals surface area contributed by atoms with E-state index in [1.165, 1.54) is 0 Å². The van der Waals surface area contributed by atoms with E-state index in [4.69, 9.17) is 10.2 Å². The van der Waals surface area contributed by atoms with Crippen LogP contribution in [0.1, 0.15) is 17.2 Å². The first kappa shape index (κ1) is 10.7. The van der Waals surface area contributed by atoms with E-state index in [0.29, 0.717) is 0 Å². The monoisotopic (exact) mass is 217 g/mol. The lowest BCUT2D eigenvalue weighted by molar-refractivity contribution is 0.542. The van der Waals surface area contributed by atoms with Gasteiger partial charge in [0.25, 0.3) is 0 Å². The van der Waals surface area contributed by atoms with Gasteiger partial charge in [0.1, 0.15) is 0 Å². The SMILES string of the molecule is CNC(Cc1cnccc1N)c1ccoc1. The minimum absolute atomic E-state index is 0.199. The van der Waals surface area contributed by atoms with Crippen LogP contribution in [0.4, 0.5) is 5.69 Å². The lowest BCUT2D eigenvalue weighted by Crippen LogP contribution is -2.18. The molecule has 16 heavy (non-hydrogen) atoms. The summed E-state index contributed by atoms with van der Waals surface area (Å²) in [6, 6.07) is 3.97. The van der Waals surface area contributed by atoms with Crippen LogP contribution in [0.3, 0.4) is 0 Å². The van der Waals surface area contributed by atoms with Gasteiger partial charge in [0.2, 0.25) is 0 Å². The molecule has 1 unspecified atom stereocenters. The number of nitrogen functional groups attached to an aromatic ring is 1. The number of nitrogens with zero attached hydrogens (tertiary/aromatic N) is 1. The number of pyridine rings is 1. The molecule has 0 radical (unpaired) electrons. The van der Waals surface area contributed by atoms with E-state index in [-0.39, 0.29) is 6.04 Å². The summed E-state index contributed by atoms with van der Waals surface area (Å²) < 4.78 is 5.08. The largest absolute Gasteiger partial charge is 0.472 e. The maximum absolute atomic E-state index is 5.89. The molecule has 0 spiro atoms. The smallest absolute Gasteiger partial charge is 0.0950 e. The first-order chi connectivity index (χ1) is 7.81. The third-order valence-electron chi connectivity index (χ3n) is 2.66. The van der Waals surface area contributed by atoms with Crippen molar-refractivity contribution >= 4 is 5.69 Å². The van der Waals surface area contributed by atoms with Crippen LogP contribution in [0.5, 0.6) is 0 Å². The summed E-state index contributed by atoms with van der Waals surface area (Å²) in [5.41, 5.74) is 8.82. The minimum Gasteiger partial charge on any atom is -0.472 e. The van der Waals surface area contributed by atoms with Gasteiger partial charge in [-0.3, -0.25) is 4.98 Å². The van der Waals surface area contributed by atoms with Gasteiger partial charge in [-0.15, -0.1) is 0 Å². The van der Waals surface area contributed by atoms with Crippen molar-refractivity contribution in [3.63, 3.8) is 0 Å². The molecule has 0 aliphatic rings. The number of hydrogen-bond acceptors (Lipinski definition) is 4. The van der Waals surface area contributed by atoms with Crippen LogP contribution < -0.4 is 11.1 Å². The zero-order valence-electron chi connectivity index (χ0n) is 9.18. The topological polar surface area (TPSA) is 64.1 Å². The number of rotatable bonds is 4. The molecule has 0 amide bonds. The number of aromatic nitrogens is 1. The minimum atomic E-state index is 0.199. The number of nitrogens with one attached hydrogen (secondary N) is 1. The third-order valence-corrected chi connectivity index (χ3v) is 2.66. The predicted molar refractivity (Wildman–Crippen MR) is 62.9 cm³/mol. The highest BCUT2D eigenvalue weighted by atomic mass is 16.3. The van der Waals surface area contributed by atoms with E-state index in [1.54, 1.807) is 24.9 Å². The van der Waals surface area contributed by atoms with Crippen molar-refractivity contribution in [1.29, 1.82) is 0 Å². The summed E-state index contributed by atoms with van der Waals surface area (Å²) in [4.78, 5) is 4.08. The predicted octanol–water partition coefficient (Wildman–Crippen LogP) is 1.76. The van der Waals surface area contributed by atoms with E-state index in [1.807, 2.05) is 19.2 Å². The van der Waals surface area contributed by atoms with Gasteiger partial charge >= 0.3 is 0 Å². The van der Waals surface area contributed by atoms with Crippen molar-refractivity contribution < 1.29 is 4.42 Å². The van der Waals surface area contributed by atoms with Crippen molar-refractivity contribution in [3.05, 3.63) is 48.2 Å². The molecule has 0 bridgehead atoms. The number of nitrogens with two attached hydrogens (primary N) is 1. The normalized spacial score (nSPS) is 12.6. The molecule has 2 rings (SSSR count). The van der Waals surface area contributed by atoms with Crippen LogP contribution in [0.25, 0.3) is 0 Å². The first-order valence-electron chi connectivity index (χ1n) is 5.19. The molecule has 2 aromatic heterocycles. The summed E-state index contributed by atoms with van der Waals surface area (Å²) in [7, 11) is 1.92. The molecule has 2 heterocycles. The molecule has 0 saturated carbocycles. The highest BCUT2D eigenvalue weighted by Crippen LogP contribution is 2.21. The molecule has 4 heteroatoms. The quantitative estimate of drug-likeness (QED) is 0.819. The van der Waals surface area contributed by atoms with Gasteiger partial charge in [-0.1, -0.05) is 0 Å². The van der Waals surface area contributed by atoms with Gasteiger partial charge in [-0.2, -0.15) is 0 Å². The molecule has 2 aromatic rings. The number of furan rings is 1.